The van der Waals surface area contributed by atoms with E-state index in [2.05, 4.69) is 73.8 Å². The Hall–Kier alpha value is -1.60. The molecule has 2 aromatic carbocycles. The summed E-state index contributed by atoms with van der Waals surface area (Å²) >= 11 is 0. The molecule has 0 amide bonds. The molecule has 0 bridgehead atoms. The Bertz CT molecular complexity index is 872. The monoisotopic (exact) mass is 416 g/mol. The standard InChI is InChI=1S/C23H36O3Si2/c1-22(2,3)27(7,8)25-20-16-18-14-12-11-13-17(18)15-19(20)21(24)26-28(9,10)23(4,5)6/h11-16H,1-10H3. The Morgan fingerprint density at radius 3 is 1.71 bits per heavy atom. The van der Waals surface area contributed by atoms with Crippen LogP contribution in [0.1, 0.15) is 51.9 Å². The van der Waals surface area contributed by atoms with E-state index in [1.54, 1.807) is 0 Å². The number of carbonyl (C=O) groups excluding carboxylic acids is 1. The Morgan fingerprint density at radius 2 is 1.25 bits per heavy atom. The molecule has 2 rings (SSSR count). The maximum absolute atomic E-state index is 13.3. The summed E-state index contributed by atoms with van der Waals surface area (Å²) in [6, 6.07) is 12.0. The lowest BCUT2D eigenvalue weighted by Crippen LogP contribution is -2.45. The van der Waals surface area contributed by atoms with Gasteiger partial charge in [-0.15, -0.1) is 0 Å². The summed E-state index contributed by atoms with van der Waals surface area (Å²) in [4.78, 5) is 13.3. The van der Waals surface area contributed by atoms with Crippen LogP contribution in [0.5, 0.6) is 5.75 Å². The molecule has 0 aliphatic rings. The molecular formula is C23H36O3Si2. The maximum atomic E-state index is 13.3. The van der Waals surface area contributed by atoms with Gasteiger partial charge in [-0.2, -0.15) is 0 Å². The third kappa shape index (κ3) is 4.69. The number of hydrogen-bond acceptors (Lipinski definition) is 3. The third-order valence-electron chi connectivity index (χ3n) is 6.39. The average molecular weight is 417 g/mol. The number of hydrogen-bond donors (Lipinski definition) is 0. The molecule has 0 aliphatic heterocycles. The molecule has 0 radical (unpaired) electrons. The van der Waals surface area contributed by atoms with Crippen LogP contribution in [0.15, 0.2) is 36.4 Å². The summed E-state index contributed by atoms with van der Waals surface area (Å²) < 4.78 is 12.7. The lowest BCUT2D eigenvalue weighted by Gasteiger charge is -2.38. The first-order chi connectivity index (χ1) is 12.6. The fourth-order valence-electron chi connectivity index (χ4n) is 2.33. The van der Waals surface area contributed by atoms with E-state index in [4.69, 9.17) is 8.85 Å². The van der Waals surface area contributed by atoms with Crippen molar-refractivity contribution in [2.45, 2.75) is 77.8 Å². The lowest BCUT2D eigenvalue weighted by molar-refractivity contribution is 0.0710. The van der Waals surface area contributed by atoms with Gasteiger partial charge >= 0.3 is 5.97 Å². The Morgan fingerprint density at radius 1 is 0.786 bits per heavy atom. The molecule has 2 aromatic rings. The third-order valence-corrected chi connectivity index (χ3v) is 15.0. The van der Waals surface area contributed by atoms with Gasteiger partial charge in [-0.1, -0.05) is 65.8 Å². The smallest absolute Gasteiger partial charge is 0.328 e. The molecular weight excluding hydrogens is 380 g/mol. The van der Waals surface area contributed by atoms with E-state index >= 15 is 0 Å². The molecule has 0 saturated carbocycles. The van der Waals surface area contributed by atoms with E-state index in [0.717, 1.165) is 10.8 Å². The largest absolute Gasteiger partial charge is 0.543 e. The van der Waals surface area contributed by atoms with Crippen molar-refractivity contribution in [3.05, 3.63) is 42.0 Å². The van der Waals surface area contributed by atoms with Gasteiger partial charge in [0.05, 0.1) is 5.56 Å². The van der Waals surface area contributed by atoms with Gasteiger partial charge in [-0.05, 0) is 59.2 Å². The maximum Gasteiger partial charge on any atom is 0.328 e. The zero-order valence-electron chi connectivity index (χ0n) is 19.2. The molecule has 154 valence electrons. The minimum absolute atomic E-state index is 0.0409. The van der Waals surface area contributed by atoms with Gasteiger partial charge in [0.2, 0.25) is 0 Å². The second-order valence-electron chi connectivity index (χ2n) is 10.7. The van der Waals surface area contributed by atoms with Crippen molar-refractivity contribution in [2.24, 2.45) is 0 Å². The average Bonchev–Trinajstić information content (AvgIpc) is 2.51. The molecule has 0 saturated heterocycles. The van der Waals surface area contributed by atoms with Crippen LogP contribution in [0.2, 0.25) is 36.3 Å². The highest BCUT2D eigenvalue weighted by molar-refractivity contribution is 6.76. The zero-order chi connectivity index (χ0) is 21.5. The highest BCUT2D eigenvalue weighted by Crippen LogP contribution is 2.41. The Labute approximate surface area is 172 Å². The fourth-order valence-corrected chi connectivity index (χ4v) is 4.24. The van der Waals surface area contributed by atoms with E-state index in [0.29, 0.717) is 11.3 Å². The highest BCUT2D eigenvalue weighted by atomic mass is 28.4. The quantitative estimate of drug-likeness (QED) is 0.487. The zero-order valence-corrected chi connectivity index (χ0v) is 21.2. The SMILES string of the molecule is CC(C)(C)[Si](C)(C)OC(=O)c1cc2ccccc2cc1O[Si](C)(C)C(C)(C)C. The number of fused-ring (bicyclic) bond motifs is 1. The summed E-state index contributed by atoms with van der Waals surface area (Å²) in [6.45, 7) is 21.6. The lowest BCUT2D eigenvalue weighted by atomic mass is 10.1. The number of benzene rings is 2. The van der Waals surface area contributed by atoms with Crippen LogP contribution in [0.25, 0.3) is 10.8 Å². The first-order valence-electron chi connectivity index (χ1n) is 10.0. The van der Waals surface area contributed by atoms with Crippen LogP contribution in [0, 0.1) is 0 Å². The molecule has 0 aliphatic carbocycles. The van der Waals surface area contributed by atoms with Crippen LogP contribution in [0.3, 0.4) is 0 Å². The fraction of sp³-hybridized carbons (Fsp3) is 0.522. The van der Waals surface area contributed by atoms with Crippen molar-refractivity contribution < 1.29 is 13.6 Å². The van der Waals surface area contributed by atoms with Crippen LogP contribution in [0.4, 0.5) is 0 Å². The minimum atomic E-state index is -2.23. The van der Waals surface area contributed by atoms with Gasteiger partial charge in [0.1, 0.15) is 5.75 Å². The minimum Gasteiger partial charge on any atom is -0.543 e. The normalized spacial score (nSPS) is 13.5. The van der Waals surface area contributed by atoms with Crippen molar-refractivity contribution in [1.29, 1.82) is 0 Å². The van der Waals surface area contributed by atoms with Crippen LogP contribution >= 0.6 is 0 Å². The second kappa shape index (κ2) is 7.34. The summed E-state index contributed by atoms with van der Waals surface area (Å²) in [5.41, 5.74) is 0.536. The van der Waals surface area contributed by atoms with Gasteiger partial charge in [-0.3, -0.25) is 0 Å². The predicted octanol–water partition coefficient (Wildman–Crippen LogP) is 7.39. The molecule has 5 heteroatoms. The van der Waals surface area contributed by atoms with Gasteiger partial charge in [0.15, 0.2) is 0 Å². The van der Waals surface area contributed by atoms with Crippen molar-refractivity contribution in [2.75, 3.05) is 0 Å². The van der Waals surface area contributed by atoms with Crippen molar-refractivity contribution in [1.82, 2.24) is 0 Å². The summed E-state index contributed by atoms with van der Waals surface area (Å²) in [7, 11) is -4.33. The molecule has 0 fully saturated rings. The molecule has 0 spiro atoms. The van der Waals surface area contributed by atoms with Crippen LogP contribution in [-0.4, -0.2) is 22.6 Å². The number of carbonyl (C=O) groups is 1. The molecule has 0 unspecified atom stereocenters. The van der Waals surface area contributed by atoms with Crippen LogP contribution in [-0.2, 0) is 4.43 Å². The Kier molecular flexibility index (Phi) is 5.95. The Balaban J connectivity index is 2.55. The summed E-state index contributed by atoms with van der Waals surface area (Å²) in [5.74, 6) is 0.375. The molecule has 0 heterocycles. The molecule has 28 heavy (non-hydrogen) atoms. The summed E-state index contributed by atoms with van der Waals surface area (Å²) in [6.07, 6.45) is 0. The van der Waals surface area contributed by atoms with Gasteiger partial charge in [-0.25, -0.2) is 4.79 Å². The first-order valence-corrected chi connectivity index (χ1v) is 15.8. The van der Waals surface area contributed by atoms with Crippen molar-refractivity contribution in [3.63, 3.8) is 0 Å². The van der Waals surface area contributed by atoms with Gasteiger partial charge < -0.3 is 8.85 Å². The highest BCUT2D eigenvalue weighted by Gasteiger charge is 2.42. The van der Waals surface area contributed by atoms with Crippen molar-refractivity contribution in [3.8, 4) is 5.75 Å². The number of rotatable bonds is 4. The first kappa shape index (κ1) is 22.7. The van der Waals surface area contributed by atoms with E-state index in [1.165, 1.54) is 0 Å². The van der Waals surface area contributed by atoms with Crippen LogP contribution < -0.4 is 4.43 Å². The molecule has 0 N–H and O–H groups in total. The topological polar surface area (TPSA) is 35.5 Å². The van der Waals surface area contributed by atoms with E-state index in [9.17, 15) is 4.79 Å². The second-order valence-corrected chi connectivity index (χ2v) is 20.2. The van der Waals surface area contributed by atoms with E-state index in [-0.39, 0.29) is 16.0 Å². The van der Waals surface area contributed by atoms with E-state index < -0.39 is 16.6 Å². The van der Waals surface area contributed by atoms with Crippen molar-refractivity contribution >= 4 is 33.4 Å². The molecule has 0 aromatic heterocycles. The molecule has 3 nitrogen and oxygen atoms in total. The molecule has 0 atom stereocenters. The van der Waals surface area contributed by atoms with Gasteiger partial charge in [0.25, 0.3) is 16.6 Å². The van der Waals surface area contributed by atoms with Gasteiger partial charge in [0, 0.05) is 0 Å². The summed E-state index contributed by atoms with van der Waals surface area (Å²) in [5, 5.41) is 2.09. The van der Waals surface area contributed by atoms with E-state index in [1.807, 2.05) is 30.3 Å². The predicted molar refractivity (Wildman–Crippen MR) is 124 cm³/mol.